The van der Waals surface area contributed by atoms with Crippen molar-refractivity contribution in [3.8, 4) is 11.1 Å². The highest BCUT2D eigenvalue weighted by atomic mass is 35.5. The minimum atomic E-state index is -0.634. The summed E-state index contributed by atoms with van der Waals surface area (Å²) >= 11 is 5.69. The predicted molar refractivity (Wildman–Crippen MR) is 67.9 cm³/mol. The SMILES string of the molecule is Cc1nccc(-c2ccc(Cl)cc2F)c1C(N)=O. The van der Waals surface area contributed by atoms with Gasteiger partial charge in [-0.05, 0) is 31.2 Å². The molecule has 2 rings (SSSR count). The van der Waals surface area contributed by atoms with Crippen LogP contribution in [-0.4, -0.2) is 10.9 Å². The molecule has 2 N–H and O–H groups in total. The molecule has 1 aromatic carbocycles. The largest absolute Gasteiger partial charge is 0.366 e. The summed E-state index contributed by atoms with van der Waals surface area (Å²) in [6.07, 6.45) is 1.51. The van der Waals surface area contributed by atoms with E-state index in [1.807, 2.05) is 0 Å². The predicted octanol–water partition coefficient (Wildman–Crippen LogP) is 2.95. The van der Waals surface area contributed by atoms with Crippen molar-refractivity contribution >= 4 is 17.5 Å². The number of aromatic nitrogens is 1. The van der Waals surface area contributed by atoms with E-state index in [4.69, 9.17) is 17.3 Å². The lowest BCUT2D eigenvalue weighted by molar-refractivity contribution is 0.1000. The van der Waals surface area contributed by atoms with Gasteiger partial charge in [0.05, 0.1) is 11.3 Å². The van der Waals surface area contributed by atoms with Crippen LogP contribution in [0.5, 0.6) is 0 Å². The van der Waals surface area contributed by atoms with E-state index >= 15 is 0 Å². The first-order valence-corrected chi connectivity index (χ1v) is 5.59. The third-order valence-corrected chi connectivity index (χ3v) is 2.84. The van der Waals surface area contributed by atoms with Gasteiger partial charge in [-0.2, -0.15) is 0 Å². The smallest absolute Gasteiger partial charge is 0.251 e. The molecule has 0 aliphatic heterocycles. The number of halogens is 2. The maximum Gasteiger partial charge on any atom is 0.251 e. The molecule has 0 aliphatic carbocycles. The number of carbonyl (C=O) groups is 1. The number of benzene rings is 1. The van der Waals surface area contributed by atoms with E-state index in [1.165, 1.54) is 18.3 Å². The lowest BCUT2D eigenvalue weighted by Gasteiger charge is -2.10. The minimum absolute atomic E-state index is 0.221. The van der Waals surface area contributed by atoms with Gasteiger partial charge in [0.15, 0.2) is 0 Å². The van der Waals surface area contributed by atoms with Gasteiger partial charge < -0.3 is 5.73 Å². The van der Waals surface area contributed by atoms with Crippen LogP contribution in [0.2, 0.25) is 5.02 Å². The van der Waals surface area contributed by atoms with E-state index in [0.29, 0.717) is 16.3 Å². The van der Waals surface area contributed by atoms with Crippen LogP contribution in [0.1, 0.15) is 16.1 Å². The molecule has 92 valence electrons. The van der Waals surface area contributed by atoms with E-state index in [0.717, 1.165) is 0 Å². The van der Waals surface area contributed by atoms with E-state index < -0.39 is 11.7 Å². The number of pyridine rings is 1. The van der Waals surface area contributed by atoms with Crippen molar-refractivity contribution in [2.24, 2.45) is 5.73 Å². The van der Waals surface area contributed by atoms with Gasteiger partial charge in [-0.15, -0.1) is 0 Å². The third kappa shape index (κ3) is 2.19. The van der Waals surface area contributed by atoms with Crippen molar-refractivity contribution in [1.82, 2.24) is 4.98 Å². The number of nitrogens with zero attached hydrogens (tertiary/aromatic N) is 1. The fourth-order valence-electron chi connectivity index (χ4n) is 1.81. The Hall–Kier alpha value is -1.94. The molecule has 0 saturated carbocycles. The molecule has 1 aromatic heterocycles. The topological polar surface area (TPSA) is 56.0 Å². The zero-order chi connectivity index (χ0) is 13.3. The van der Waals surface area contributed by atoms with Crippen LogP contribution in [0.3, 0.4) is 0 Å². The van der Waals surface area contributed by atoms with Crippen LogP contribution in [0, 0.1) is 12.7 Å². The van der Waals surface area contributed by atoms with Gasteiger partial charge in [-0.1, -0.05) is 11.6 Å². The maximum atomic E-state index is 13.9. The fraction of sp³-hybridized carbons (Fsp3) is 0.0769. The normalized spacial score (nSPS) is 10.4. The Balaban J connectivity index is 2.71. The second kappa shape index (κ2) is 4.74. The van der Waals surface area contributed by atoms with Gasteiger partial charge in [0, 0.05) is 22.3 Å². The number of aryl methyl sites for hydroxylation is 1. The zero-order valence-corrected chi connectivity index (χ0v) is 10.3. The van der Waals surface area contributed by atoms with Gasteiger partial charge in [0.2, 0.25) is 0 Å². The zero-order valence-electron chi connectivity index (χ0n) is 9.58. The van der Waals surface area contributed by atoms with Crippen LogP contribution in [-0.2, 0) is 0 Å². The molecular weight excluding hydrogens is 255 g/mol. The highest BCUT2D eigenvalue weighted by Gasteiger charge is 2.16. The summed E-state index contributed by atoms with van der Waals surface area (Å²) in [4.78, 5) is 15.4. The van der Waals surface area contributed by atoms with Crippen molar-refractivity contribution in [2.45, 2.75) is 6.92 Å². The van der Waals surface area contributed by atoms with Crippen LogP contribution in [0.15, 0.2) is 30.5 Å². The number of rotatable bonds is 2. The van der Waals surface area contributed by atoms with Crippen molar-refractivity contribution in [3.05, 3.63) is 52.6 Å². The minimum Gasteiger partial charge on any atom is -0.366 e. The van der Waals surface area contributed by atoms with Crippen LogP contribution in [0.4, 0.5) is 4.39 Å². The molecule has 0 unspecified atom stereocenters. The Morgan fingerprint density at radius 2 is 2.06 bits per heavy atom. The van der Waals surface area contributed by atoms with Gasteiger partial charge >= 0.3 is 0 Å². The summed E-state index contributed by atoms with van der Waals surface area (Å²) in [5.41, 5.74) is 6.69. The standard InChI is InChI=1S/C13H10ClFN2O/c1-7-12(13(16)18)10(4-5-17-7)9-3-2-8(14)6-11(9)15/h2-6H,1H3,(H2,16,18). The summed E-state index contributed by atoms with van der Waals surface area (Å²) in [5, 5.41) is 0.294. The molecule has 18 heavy (non-hydrogen) atoms. The average Bonchev–Trinajstić information content (AvgIpc) is 2.28. The van der Waals surface area contributed by atoms with Crippen LogP contribution >= 0.6 is 11.6 Å². The first kappa shape index (κ1) is 12.5. The Bertz CT molecular complexity index is 628. The Morgan fingerprint density at radius 1 is 1.33 bits per heavy atom. The molecule has 0 aliphatic rings. The Labute approximate surface area is 108 Å². The first-order valence-electron chi connectivity index (χ1n) is 5.21. The molecular formula is C13H10ClFN2O. The molecule has 0 spiro atoms. The Morgan fingerprint density at radius 3 is 2.67 bits per heavy atom. The molecule has 1 heterocycles. The van der Waals surface area contributed by atoms with Crippen LogP contribution < -0.4 is 5.73 Å². The summed E-state index contributed by atoms with van der Waals surface area (Å²) in [5.74, 6) is -1.14. The summed E-state index contributed by atoms with van der Waals surface area (Å²) in [7, 11) is 0. The lowest BCUT2D eigenvalue weighted by Crippen LogP contribution is -2.15. The van der Waals surface area contributed by atoms with E-state index in [9.17, 15) is 9.18 Å². The molecule has 1 amide bonds. The highest BCUT2D eigenvalue weighted by molar-refractivity contribution is 6.30. The summed E-state index contributed by atoms with van der Waals surface area (Å²) in [6, 6.07) is 5.82. The molecule has 0 atom stereocenters. The van der Waals surface area contributed by atoms with Gasteiger partial charge in [-0.3, -0.25) is 9.78 Å². The number of carbonyl (C=O) groups excluding carboxylic acids is 1. The summed E-state index contributed by atoms with van der Waals surface area (Å²) in [6.45, 7) is 1.65. The van der Waals surface area contributed by atoms with Crippen LogP contribution in [0.25, 0.3) is 11.1 Å². The number of amides is 1. The van der Waals surface area contributed by atoms with Crippen molar-refractivity contribution < 1.29 is 9.18 Å². The second-order valence-electron chi connectivity index (χ2n) is 3.81. The quantitative estimate of drug-likeness (QED) is 0.907. The first-order chi connectivity index (χ1) is 8.50. The second-order valence-corrected chi connectivity index (χ2v) is 4.24. The number of hydrogen-bond acceptors (Lipinski definition) is 2. The monoisotopic (exact) mass is 264 g/mol. The lowest BCUT2D eigenvalue weighted by atomic mass is 9.98. The fourth-order valence-corrected chi connectivity index (χ4v) is 1.97. The molecule has 2 aromatic rings. The van der Waals surface area contributed by atoms with E-state index in [2.05, 4.69) is 4.98 Å². The average molecular weight is 265 g/mol. The summed E-state index contributed by atoms with van der Waals surface area (Å²) < 4.78 is 13.9. The molecule has 0 radical (unpaired) electrons. The maximum absolute atomic E-state index is 13.9. The number of nitrogens with two attached hydrogens (primary N) is 1. The molecule has 3 nitrogen and oxygen atoms in total. The van der Waals surface area contributed by atoms with E-state index in [1.54, 1.807) is 19.1 Å². The molecule has 0 saturated heterocycles. The van der Waals surface area contributed by atoms with Crippen molar-refractivity contribution in [2.75, 3.05) is 0 Å². The van der Waals surface area contributed by atoms with Crippen molar-refractivity contribution in [3.63, 3.8) is 0 Å². The molecule has 0 fully saturated rings. The third-order valence-electron chi connectivity index (χ3n) is 2.61. The Kier molecular flexibility index (Phi) is 3.30. The number of primary amides is 1. The molecule has 5 heteroatoms. The van der Waals surface area contributed by atoms with Crippen molar-refractivity contribution in [1.29, 1.82) is 0 Å². The highest BCUT2D eigenvalue weighted by Crippen LogP contribution is 2.28. The van der Waals surface area contributed by atoms with Gasteiger partial charge in [-0.25, -0.2) is 4.39 Å². The van der Waals surface area contributed by atoms with E-state index in [-0.39, 0.29) is 11.1 Å². The van der Waals surface area contributed by atoms with Gasteiger partial charge in [0.1, 0.15) is 5.82 Å². The number of hydrogen-bond donors (Lipinski definition) is 1. The van der Waals surface area contributed by atoms with Gasteiger partial charge in [0.25, 0.3) is 5.91 Å². The molecule has 0 bridgehead atoms.